The first-order valence-corrected chi connectivity index (χ1v) is 10.1. The van der Waals surface area contributed by atoms with Crippen LogP contribution in [0.15, 0.2) is 23.8 Å². The zero-order chi connectivity index (χ0) is 15.3. The molecule has 0 aliphatic rings. The minimum Gasteiger partial charge on any atom is -0.413 e. The summed E-state index contributed by atoms with van der Waals surface area (Å²) in [6, 6.07) is 0. The highest BCUT2D eigenvalue weighted by atomic mass is 28.4. The molecule has 0 spiro atoms. The van der Waals surface area contributed by atoms with Gasteiger partial charge in [-0.25, -0.2) is 0 Å². The molecule has 0 unspecified atom stereocenters. The van der Waals surface area contributed by atoms with E-state index in [9.17, 15) is 5.11 Å². The van der Waals surface area contributed by atoms with Crippen LogP contribution in [-0.4, -0.2) is 26.1 Å². The van der Waals surface area contributed by atoms with E-state index in [1.807, 2.05) is 13.0 Å². The molecule has 0 radical (unpaired) electrons. The summed E-state index contributed by atoms with van der Waals surface area (Å²) in [6.45, 7) is 19.7. The SMILES string of the molecule is C=C(CC)C[C@H](O)/C(C)=C/CO[Si](C)(C)C(C)(C)C. The quantitative estimate of drug-likeness (QED) is 0.543. The van der Waals surface area contributed by atoms with Crippen molar-refractivity contribution in [2.24, 2.45) is 0 Å². The molecular formula is C16H32O2Si. The van der Waals surface area contributed by atoms with Crippen molar-refractivity contribution in [3.8, 4) is 0 Å². The number of hydrogen-bond donors (Lipinski definition) is 1. The Morgan fingerprint density at radius 1 is 1.37 bits per heavy atom. The Morgan fingerprint density at radius 2 is 1.89 bits per heavy atom. The van der Waals surface area contributed by atoms with Crippen LogP contribution in [0.3, 0.4) is 0 Å². The molecule has 0 aromatic carbocycles. The van der Waals surface area contributed by atoms with Crippen LogP contribution in [0.4, 0.5) is 0 Å². The number of aliphatic hydroxyl groups is 1. The van der Waals surface area contributed by atoms with Gasteiger partial charge in [0.05, 0.1) is 12.7 Å². The molecular weight excluding hydrogens is 252 g/mol. The Bertz CT molecular complexity index is 324. The fourth-order valence-corrected chi connectivity index (χ4v) is 2.25. The molecule has 0 saturated heterocycles. The van der Waals surface area contributed by atoms with Gasteiger partial charge in [-0.1, -0.05) is 45.9 Å². The maximum atomic E-state index is 10.0. The van der Waals surface area contributed by atoms with Crippen LogP contribution in [0.1, 0.15) is 47.5 Å². The van der Waals surface area contributed by atoms with Crippen LogP contribution in [0.5, 0.6) is 0 Å². The van der Waals surface area contributed by atoms with Gasteiger partial charge in [0.25, 0.3) is 0 Å². The van der Waals surface area contributed by atoms with Crippen LogP contribution in [0, 0.1) is 0 Å². The fraction of sp³-hybridized carbons (Fsp3) is 0.750. The summed E-state index contributed by atoms with van der Waals surface area (Å²) in [5.41, 5.74) is 2.07. The molecule has 2 nitrogen and oxygen atoms in total. The van der Waals surface area contributed by atoms with E-state index < -0.39 is 14.4 Å². The van der Waals surface area contributed by atoms with Crippen molar-refractivity contribution in [2.75, 3.05) is 6.61 Å². The zero-order valence-corrected chi connectivity index (χ0v) is 14.8. The second-order valence-corrected chi connectivity index (χ2v) is 11.7. The van der Waals surface area contributed by atoms with Crippen LogP contribution in [0.2, 0.25) is 18.1 Å². The minimum atomic E-state index is -1.69. The first kappa shape index (κ1) is 18.6. The second-order valence-electron chi connectivity index (χ2n) is 6.84. The van der Waals surface area contributed by atoms with Crippen LogP contribution >= 0.6 is 0 Å². The van der Waals surface area contributed by atoms with E-state index in [1.165, 1.54) is 0 Å². The molecule has 112 valence electrons. The molecule has 0 rings (SSSR count). The second kappa shape index (κ2) is 7.41. The van der Waals surface area contributed by atoms with Gasteiger partial charge in [-0.3, -0.25) is 0 Å². The van der Waals surface area contributed by atoms with Gasteiger partial charge < -0.3 is 9.53 Å². The lowest BCUT2D eigenvalue weighted by Crippen LogP contribution is -2.40. The Hall–Kier alpha value is -0.383. The molecule has 0 aliphatic heterocycles. The van der Waals surface area contributed by atoms with Crippen molar-refractivity contribution < 1.29 is 9.53 Å². The Labute approximate surface area is 120 Å². The molecule has 0 amide bonds. The number of hydrogen-bond acceptors (Lipinski definition) is 2. The van der Waals surface area contributed by atoms with Crippen LogP contribution in [-0.2, 0) is 4.43 Å². The topological polar surface area (TPSA) is 29.5 Å². The normalized spacial score (nSPS) is 15.5. The summed E-state index contributed by atoms with van der Waals surface area (Å²) >= 11 is 0. The van der Waals surface area contributed by atoms with Crippen molar-refractivity contribution in [2.45, 2.75) is 71.7 Å². The molecule has 0 saturated carbocycles. The third-order valence-corrected chi connectivity index (χ3v) is 8.66. The molecule has 19 heavy (non-hydrogen) atoms. The standard InChI is InChI=1S/C16H32O2Si/c1-9-13(2)12-15(17)14(3)10-11-18-19(7,8)16(4,5)6/h10,15,17H,2,9,11-12H2,1,3-8H3/b14-10+/t15-/m0/s1. The molecule has 0 aromatic rings. The largest absolute Gasteiger partial charge is 0.413 e. The lowest BCUT2D eigenvalue weighted by atomic mass is 10.0. The number of aliphatic hydroxyl groups excluding tert-OH is 1. The summed E-state index contributed by atoms with van der Waals surface area (Å²) in [7, 11) is -1.69. The van der Waals surface area contributed by atoms with E-state index in [0.717, 1.165) is 17.6 Å². The predicted molar refractivity (Wildman–Crippen MR) is 87.0 cm³/mol. The highest BCUT2D eigenvalue weighted by molar-refractivity contribution is 6.74. The average molecular weight is 285 g/mol. The first-order chi connectivity index (χ1) is 8.51. The molecule has 3 heteroatoms. The maximum Gasteiger partial charge on any atom is 0.192 e. The van der Waals surface area contributed by atoms with Gasteiger partial charge in [0.1, 0.15) is 0 Å². The van der Waals surface area contributed by atoms with Gasteiger partial charge in [-0.15, -0.1) is 0 Å². The van der Waals surface area contributed by atoms with Crippen molar-refractivity contribution >= 4 is 8.32 Å². The van der Waals surface area contributed by atoms with Gasteiger partial charge >= 0.3 is 0 Å². The molecule has 0 aromatic heterocycles. The predicted octanol–water partition coefficient (Wildman–Crippen LogP) is 4.67. The summed E-state index contributed by atoms with van der Waals surface area (Å²) in [5, 5.41) is 10.3. The Balaban J connectivity index is 4.38. The summed E-state index contributed by atoms with van der Waals surface area (Å²) < 4.78 is 6.07. The van der Waals surface area contributed by atoms with E-state index in [2.05, 4.69) is 47.4 Å². The van der Waals surface area contributed by atoms with Gasteiger partial charge in [-0.2, -0.15) is 0 Å². The third kappa shape index (κ3) is 6.55. The first-order valence-electron chi connectivity index (χ1n) is 7.16. The van der Waals surface area contributed by atoms with Crippen molar-refractivity contribution in [3.05, 3.63) is 23.8 Å². The fourth-order valence-electron chi connectivity index (χ4n) is 1.31. The van der Waals surface area contributed by atoms with E-state index in [0.29, 0.717) is 13.0 Å². The van der Waals surface area contributed by atoms with Crippen LogP contribution in [0.25, 0.3) is 0 Å². The van der Waals surface area contributed by atoms with Crippen molar-refractivity contribution in [1.82, 2.24) is 0 Å². The zero-order valence-electron chi connectivity index (χ0n) is 13.8. The lowest BCUT2D eigenvalue weighted by molar-refractivity contribution is 0.208. The van der Waals surface area contributed by atoms with Crippen molar-refractivity contribution in [1.29, 1.82) is 0 Å². The monoisotopic (exact) mass is 284 g/mol. The molecule has 0 bridgehead atoms. The highest BCUT2D eigenvalue weighted by Gasteiger charge is 2.36. The van der Waals surface area contributed by atoms with E-state index in [-0.39, 0.29) is 5.04 Å². The van der Waals surface area contributed by atoms with Crippen molar-refractivity contribution in [3.63, 3.8) is 0 Å². The van der Waals surface area contributed by atoms with E-state index in [4.69, 9.17) is 4.43 Å². The van der Waals surface area contributed by atoms with Gasteiger partial charge in [0.2, 0.25) is 0 Å². The Morgan fingerprint density at radius 3 is 2.32 bits per heavy atom. The molecule has 0 fully saturated rings. The molecule has 0 aliphatic carbocycles. The third-order valence-electron chi connectivity index (χ3n) is 4.16. The smallest absolute Gasteiger partial charge is 0.192 e. The summed E-state index contributed by atoms with van der Waals surface area (Å²) in [4.78, 5) is 0. The van der Waals surface area contributed by atoms with Gasteiger partial charge in [0, 0.05) is 0 Å². The molecule has 0 heterocycles. The Kier molecular flexibility index (Phi) is 7.26. The molecule has 1 N–H and O–H groups in total. The van der Waals surface area contributed by atoms with Gasteiger partial charge in [-0.05, 0) is 43.5 Å². The number of rotatable bonds is 7. The van der Waals surface area contributed by atoms with E-state index in [1.54, 1.807) is 0 Å². The summed E-state index contributed by atoms with van der Waals surface area (Å²) in [5.74, 6) is 0. The van der Waals surface area contributed by atoms with Gasteiger partial charge in [0.15, 0.2) is 8.32 Å². The highest BCUT2D eigenvalue weighted by Crippen LogP contribution is 2.36. The maximum absolute atomic E-state index is 10.0. The van der Waals surface area contributed by atoms with Crippen LogP contribution < -0.4 is 0 Å². The lowest BCUT2D eigenvalue weighted by Gasteiger charge is -2.35. The molecule has 1 atom stereocenters. The minimum absolute atomic E-state index is 0.226. The van der Waals surface area contributed by atoms with E-state index >= 15 is 0 Å². The summed E-state index contributed by atoms with van der Waals surface area (Å²) in [6.07, 6.45) is 3.16. The average Bonchev–Trinajstić information content (AvgIpc) is 2.26.